The molecule has 1 N–H and O–H groups in total. The third-order valence-electron chi connectivity index (χ3n) is 3.16. The molecule has 0 amide bonds. The molecule has 1 aromatic heterocycles. The van der Waals surface area contributed by atoms with Gasteiger partial charge in [0.15, 0.2) is 0 Å². The molecular weight excluding hydrogens is 286 g/mol. The maximum atomic E-state index is 11.6. The van der Waals surface area contributed by atoms with Gasteiger partial charge in [0.2, 0.25) is 0 Å². The van der Waals surface area contributed by atoms with Gasteiger partial charge < -0.3 is 10.3 Å². The minimum absolute atomic E-state index is 0.178. The molecule has 6 heteroatoms. The van der Waals surface area contributed by atoms with E-state index in [1.54, 1.807) is 0 Å². The van der Waals surface area contributed by atoms with Gasteiger partial charge in [0.05, 0.1) is 0 Å². The van der Waals surface area contributed by atoms with Crippen molar-refractivity contribution in [3.05, 3.63) is 33.2 Å². The van der Waals surface area contributed by atoms with Crippen LogP contribution in [0.1, 0.15) is 11.1 Å². The SMILES string of the molecule is [O-][n+]1nc(Br)nc2cc3c(cc21)CC(CO)C3. The second-order valence-corrected chi connectivity index (χ2v) is 5.03. The lowest BCUT2D eigenvalue weighted by molar-refractivity contribution is -0.644. The lowest BCUT2D eigenvalue weighted by Crippen LogP contribution is -2.32. The van der Waals surface area contributed by atoms with Gasteiger partial charge in [-0.25, -0.2) is 4.98 Å². The van der Waals surface area contributed by atoms with Crippen LogP contribution in [0, 0.1) is 11.1 Å². The van der Waals surface area contributed by atoms with Crippen molar-refractivity contribution < 1.29 is 9.95 Å². The molecule has 0 fully saturated rings. The zero-order valence-corrected chi connectivity index (χ0v) is 10.5. The summed E-state index contributed by atoms with van der Waals surface area (Å²) in [6, 6.07) is 3.75. The molecule has 0 aliphatic heterocycles. The van der Waals surface area contributed by atoms with Crippen LogP contribution in [0.3, 0.4) is 0 Å². The molecule has 0 saturated carbocycles. The Bertz CT molecular complexity index is 603. The van der Waals surface area contributed by atoms with E-state index in [2.05, 4.69) is 26.0 Å². The number of hydrogen-bond donors (Lipinski definition) is 1. The third-order valence-corrected chi connectivity index (χ3v) is 3.50. The maximum Gasteiger partial charge on any atom is 0.270 e. The Balaban J connectivity index is 2.20. The number of rotatable bonds is 1. The molecule has 1 aliphatic carbocycles. The number of fused-ring (bicyclic) bond motifs is 2. The van der Waals surface area contributed by atoms with Crippen LogP contribution in [-0.2, 0) is 12.8 Å². The molecule has 1 aromatic carbocycles. The predicted molar refractivity (Wildman–Crippen MR) is 64.2 cm³/mol. The molecule has 5 nitrogen and oxygen atoms in total. The highest BCUT2D eigenvalue weighted by atomic mass is 79.9. The van der Waals surface area contributed by atoms with Crippen LogP contribution < -0.4 is 4.85 Å². The molecule has 17 heavy (non-hydrogen) atoms. The fraction of sp³-hybridized carbons (Fsp3) is 0.364. The Morgan fingerprint density at radius 1 is 1.41 bits per heavy atom. The minimum atomic E-state index is 0.178. The molecule has 0 spiro atoms. The Morgan fingerprint density at radius 2 is 2.12 bits per heavy atom. The Kier molecular flexibility index (Phi) is 2.48. The summed E-state index contributed by atoms with van der Waals surface area (Å²) in [5.74, 6) is 0.262. The molecule has 3 rings (SSSR count). The normalized spacial score (nSPS) is 18.6. The first-order valence-electron chi connectivity index (χ1n) is 5.37. The number of aliphatic hydroxyl groups is 1. The molecule has 0 bridgehead atoms. The molecular formula is C11H10BrN3O2. The van der Waals surface area contributed by atoms with Crippen LogP contribution in [0.25, 0.3) is 11.0 Å². The van der Waals surface area contributed by atoms with Crippen molar-refractivity contribution in [3.63, 3.8) is 0 Å². The van der Waals surface area contributed by atoms with E-state index in [0.29, 0.717) is 15.9 Å². The fourth-order valence-corrected chi connectivity index (χ4v) is 2.70. The average Bonchev–Trinajstić information content (AvgIpc) is 2.68. The van der Waals surface area contributed by atoms with Gasteiger partial charge in [0.1, 0.15) is 5.52 Å². The van der Waals surface area contributed by atoms with Crippen molar-refractivity contribution in [2.75, 3.05) is 6.61 Å². The van der Waals surface area contributed by atoms with E-state index in [0.717, 1.165) is 18.4 Å². The number of halogens is 1. The highest BCUT2D eigenvalue weighted by Gasteiger charge is 2.23. The summed E-state index contributed by atoms with van der Waals surface area (Å²) in [5.41, 5.74) is 3.40. The van der Waals surface area contributed by atoms with E-state index >= 15 is 0 Å². The Labute approximate surface area is 106 Å². The first-order valence-corrected chi connectivity index (χ1v) is 6.16. The van der Waals surface area contributed by atoms with E-state index in [-0.39, 0.29) is 17.3 Å². The summed E-state index contributed by atoms with van der Waals surface area (Å²) in [6.07, 6.45) is 1.67. The van der Waals surface area contributed by atoms with Gasteiger partial charge in [-0.2, -0.15) is 0 Å². The topological polar surface area (TPSA) is 73.0 Å². The molecule has 1 heterocycles. The van der Waals surface area contributed by atoms with Crippen LogP contribution in [0.2, 0.25) is 0 Å². The van der Waals surface area contributed by atoms with Crippen LogP contribution in [-0.4, -0.2) is 21.8 Å². The molecule has 2 aromatic rings. The van der Waals surface area contributed by atoms with Gasteiger partial charge >= 0.3 is 0 Å². The molecule has 1 aliphatic rings. The third kappa shape index (κ3) is 1.77. The van der Waals surface area contributed by atoms with E-state index in [4.69, 9.17) is 0 Å². The van der Waals surface area contributed by atoms with E-state index in [1.807, 2.05) is 12.1 Å². The van der Waals surface area contributed by atoms with Crippen LogP contribution >= 0.6 is 15.9 Å². The number of benzene rings is 1. The molecule has 1 atom stereocenters. The van der Waals surface area contributed by atoms with Gasteiger partial charge in [-0.15, -0.1) is 0 Å². The second kappa shape index (κ2) is 3.89. The van der Waals surface area contributed by atoms with E-state index < -0.39 is 0 Å². The fourth-order valence-electron chi connectivity index (χ4n) is 2.36. The molecule has 1 unspecified atom stereocenters. The molecule has 0 radical (unpaired) electrons. The summed E-state index contributed by atoms with van der Waals surface area (Å²) in [6.45, 7) is 0.178. The zero-order valence-electron chi connectivity index (χ0n) is 8.93. The van der Waals surface area contributed by atoms with Crippen molar-refractivity contribution in [3.8, 4) is 0 Å². The zero-order chi connectivity index (χ0) is 12.0. The van der Waals surface area contributed by atoms with Gasteiger partial charge in [0, 0.05) is 33.7 Å². The molecule has 88 valence electrons. The van der Waals surface area contributed by atoms with Crippen LogP contribution in [0.5, 0.6) is 0 Å². The van der Waals surface area contributed by atoms with Crippen molar-refractivity contribution in [2.45, 2.75) is 12.8 Å². The standard InChI is InChI=1S/C11H10BrN3O2/c12-11-13-9-3-7-1-6(5-16)2-8(7)4-10(9)15(17)14-11/h3-4,6,16H,1-2,5H2. The lowest BCUT2D eigenvalue weighted by Gasteiger charge is -2.02. The Morgan fingerprint density at radius 3 is 2.82 bits per heavy atom. The van der Waals surface area contributed by atoms with Crippen molar-refractivity contribution in [2.24, 2.45) is 5.92 Å². The van der Waals surface area contributed by atoms with E-state index in [1.165, 1.54) is 5.56 Å². The highest BCUT2D eigenvalue weighted by molar-refractivity contribution is 9.10. The first-order chi connectivity index (χ1) is 8.17. The van der Waals surface area contributed by atoms with Gasteiger partial charge in [0.25, 0.3) is 10.3 Å². The largest absolute Gasteiger partial charge is 0.594 e. The van der Waals surface area contributed by atoms with Gasteiger partial charge in [-0.1, -0.05) is 0 Å². The summed E-state index contributed by atoms with van der Waals surface area (Å²) >= 11 is 3.11. The minimum Gasteiger partial charge on any atom is -0.594 e. The van der Waals surface area contributed by atoms with Gasteiger partial charge in [-0.05, 0) is 40.8 Å². The molecule has 0 saturated heterocycles. The van der Waals surface area contributed by atoms with Crippen molar-refractivity contribution in [1.29, 1.82) is 0 Å². The number of aromatic nitrogens is 3. The maximum absolute atomic E-state index is 11.6. The van der Waals surface area contributed by atoms with Crippen LogP contribution in [0.4, 0.5) is 0 Å². The second-order valence-electron chi connectivity index (χ2n) is 4.32. The smallest absolute Gasteiger partial charge is 0.270 e. The van der Waals surface area contributed by atoms with Gasteiger partial charge in [-0.3, -0.25) is 0 Å². The number of aliphatic hydroxyl groups excluding tert-OH is 1. The first kappa shape index (κ1) is 10.9. The summed E-state index contributed by atoms with van der Waals surface area (Å²) in [5, 5.41) is 24.5. The summed E-state index contributed by atoms with van der Waals surface area (Å²) < 4.78 is 0.289. The van der Waals surface area contributed by atoms with E-state index in [9.17, 15) is 10.3 Å². The lowest BCUT2D eigenvalue weighted by atomic mass is 10.1. The Hall–Kier alpha value is -1.27. The van der Waals surface area contributed by atoms with Crippen molar-refractivity contribution in [1.82, 2.24) is 10.1 Å². The van der Waals surface area contributed by atoms with Crippen molar-refractivity contribution >= 4 is 27.0 Å². The quantitative estimate of drug-likeness (QED) is 0.622. The average molecular weight is 296 g/mol. The summed E-state index contributed by atoms with van der Waals surface area (Å²) in [4.78, 5) is 4.77. The monoisotopic (exact) mass is 295 g/mol. The highest BCUT2D eigenvalue weighted by Crippen LogP contribution is 2.29. The number of nitrogens with zero attached hydrogens (tertiary/aromatic N) is 3. The predicted octanol–water partition coefficient (Wildman–Crippen LogP) is 0.733. The number of hydrogen-bond acceptors (Lipinski definition) is 4. The summed E-state index contributed by atoms with van der Waals surface area (Å²) in [7, 11) is 0. The van der Waals surface area contributed by atoms with Crippen LogP contribution in [0.15, 0.2) is 16.9 Å².